The zero-order chi connectivity index (χ0) is 11.3. The van der Waals surface area contributed by atoms with Gasteiger partial charge in [-0.25, -0.2) is 0 Å². The minimum Gasteiger partial charge on any atom is -0.430 e. The van der Waals surface area contributed by atoms with E-state index in [-0.39, 0.29) is 11.6 Å². The van der Waals surface area contributed by atoms with Gasteiger partial charge in [0, 0.05) is 18.4 Å². The molecule has 4 heteroatoms. The number of ketones is 2. The minimum atomic E-state index is -1.46. The van der Waals surface area contributed by atoms with Gasteiger partial charge in [0.25, 0.3) is 0 Å². The quantitative estimate of drug-likeness (QED) is 0.456. The third kappa shape index (κ3) is 0.970. The number of rotatable bonds is 0. The van der Waals surface area contributed by atoms with Gasteiger partial charge in [-0.3, -0.25) is 14.4 Å². The number of carbonyl (C=O) groups excluding carboxylic acids is 3. The zero-order valence-corrected chi connectivity index (χ0v) is 8.88. The van der Waals surface area contributed by atoms with Crippen LogP contribution in [0.2, 0.25) is 0 Å². The van der Waals surface area contributed by atoms with Gasteiger partial charge in [-0.15, -0.1) is 0 Å². The highest BCUT2D eigenvalue weighted by Crippen LogP contribution is 2.46. The second-order valence-corrected chi connectivity index (χ2v) is 4.66. The smallest absolute Gasteiger partial charge is 0.332 e. The Hall–Kier alpha value is -1.45. The van der Waals surface area contributed by atoms with Crippen LogP contribution in [0.1, 0.15) is 38.5 Å². The highest BCUT2D eigenvalue weighted by molar-refractivity contribution is 6.29. The molecule has 0 aromatic rings. The lowest BCUT2D eigenvalue weighted by Crippen LogP contribution is -2.47. The highest BCUT2D eigenvalue weighted by atomic mass is 16.5. The molecule has 4 nitrogen and oxygen atoms in total. The number of carbonyl (C=O) groups is 3. The molecule has 0 amide bonds. The largest absolute Gasteiger partial charge is 0.430 e. The lowest BCUT2D eigenvalue weighted by Gasteiger charge is -2.28. The fraction of sp³-hybridized carbons (Fsp3) is 0.583. The van der Waals surface area contributed by atoms with Crippen molar-refractivity contribution in [2.45, 2.75) is 38.5 Å². The third-order valence-corrected chi connectivity index (χ3v) is 3.82. The van der Waals surface area contributed by atoms with E-state index in [9.17, 15) is 14.4 Å². The van der Waals surface area contributed by atoms with Crippen LogP contribution in [0.4, 0.5) is 0 Å². The van der Waals surface area contributed by atoms with E-state index in [1.165, 1.54) is 0 Å². The second-order valence-electron chi connectivity index (χ2n) is 4.66. The molecular formula is C12H12O4. The summed E-state index contributed by atoms with van der Waals surface area (Å²) in [6, 6.07) is 0. The average molecular weight is 220 g/mol. The standard InChI is InChI=1S/C12H12O4/c13-9-5-2-6-12(9)10(14)7-3-1-4-8(7)16-11(12)15/h1-6H2. The van der Waals surface area contributed by atoms with Gasteiger partial charge in [0.05, 0.1) is 0 Å². The summed E-state index contributed by atoms with van der Waals surface area (Å²) in [7, 11) is 0. The fourth-order valence-corrected chi connectivity index (χ4v) is 2.94. The van der Waals surface area contributed by atoms with Gasteiger partial charge in [-0.2, -0.15) is 0 Å². The number of esters is 1. The van der Waals surface area contributed by atoms with E-state index in [1.54, 1.807) is 0 Å². The van der Waals surface area contributed by atoms with Gasteiger partial charge >= 0.3 is 5.97 Å². The fourth-order valence-electron chi connectivity index (χ4n) is 2.94. The van der Waals surface area contributed by atoms with Crippen molar-refractivity contribution in [3.05, 3.63) is 11.3 Å². The number of allylic oxidation sites excluding steroid dienone is 2. The average Bonchev–Trinajstić information content (AvgIpc) is 2.83. The summed E-state index contributed by atoms with van der Waals surface area (Å²) < 4.78 is 5.19. The number of hydrogen-bond acceptors (Lipinski definition) is 4. The van der Waals surface area contributed by atoms with Gasteiger partial charge in [0.15, 0.2) is 17.0 Å². The summed E-state index contributed by atoms with van der Waals surface area (Å²) in [4.78, 5) is 36.0. The van der Waals surface area contributed by atoms with Gasteiger partial charge in [0.1, 0.15) is 5.76 Å². The van der Waals surface area contributed by atoms with Crippen molar-refractivity contribution in [3.63, 3.8) is 0 Å². The summed E-state index contributed by atoms with van der Waals surface area (Å²) in [5.41, 5.74) is -0.863. The molecule has 3 aliphatic rings. The number of Topliss-reactive ketones (excluding diaryl/α,β-unsaturated/α-hetero) is 2. The molecule has 1 spiro atoms. The topological polar surface area (TPSA) is 60.4 Å². The lowest BCUT2D eigenvalue weighted by molar-refractivity contribution is -0.161. The van der Waals surface area contributed by atoms with Crippen LogP contribution in [-0.4, -0.2) is 17.5 Å². The molecule has 1 atom stereocenters. The van der Waals surface area contributed by atoms with Crippen molar-refractivity contribution in [1.82, 2.24) is 0 Å². The van der Waals surface area contributed by atoms with Crippen molar-refractivity contribution in [2.75, 3.05) is 0 Å². The van der Waals surface area contributed by atoms with Crippen molar-refractivity contribution >= 4 is 17.5 Å². The molecule has 16 heavy (non-hydrogen) atoms. The van der Waals surface area contributed by atoms with Crippen molar-refractivity contribution in [3.8, 4) is 0 Å². The Morgan fingerprint density at radius 1 is 1.00 bits per heavy atom. The Bertz CT molecular complexity index is 446. The third-order valence-electron chi connectivity index (χ3n) is 3.82. The first kappa shape index (κ1) is 9.75. The summed E-state index contributed by atoms with van der Waals surface area (Å²) in [5.74, 6) is -0.624. The van der Waals surface area contributed by atoms with Crippen molar-refractivity contribution in [1.29, 1.82) is 0 Å². The molecular weight excluding hydrogens is 208 g/mol. The Morgan fingerprint density at radius 2 is 1.81 bits per heavy atom. The second kappa shape index (κ2) is 3.03. The maximum atomic E-state index is 12.3. The predicted octanol–water partition coefficient (Wildman–Crippen LogP) is 1.29. The van der Waals surface area contributed by atoms with E-state index in [0.717, 1.165) is 6.42 Å². The first-order chi connectivity index (χ1) is 7.66. The van der Waals surface area contributed by atoms with E-state index in [4.69, 9.17) is 4.74 Å². The molecule has 3 rings (SSSR count). The Kier molecular flexibility index (Phi) is 1.85. The van der Waals surface area contributed by atoms with Crippen LogP contribution in [0, 0.1) is 5.41 Å². The summed E-state index contributed by atoms with van der Waals surface area (Å²) in [6.07, 6.45) is 3.41. The Balaban J connectivity index is 2.12. The van der Waals surface area contributed by atoms with E-state index >= 15 is 0 Å². The van der Waals surface area contributed by atoms with Crippen LogP contribution in [0.3, 0.4) is 0 Å². The first-order valence-corrected chi connectivity index (χ1v) is 5.68. The molecule has 0 saturated heterocycles. The molecule has 0 aromatic carbocycles. The SMILES string of the molecule is O=C1CCCC12C(=O)OC1=C(CCC1)C2=O. The van der Waals surface area contributed by atoms with Gasteiger partial charge in [-0.1, -0.05) is 0 Å². The van der Waals surface area contributed by atoms with Crippen LogP contribution in [0.25, 0.3) is 0 Å². The molecule has 1 saturated carbocycles. The molecule has 1 heterocycles. The van der Waals surface area contributed by atoms with Crippen molar-refractivity contribution < 1.29 is 19.1 Å². The molecule has 0 N–H and O–H groups in total. The summed E-state index contributed by atoms with van der Waals surface area (Å²) >= 11 is 0. The Morgan fingerprint density at radius 3 is 2.50 bits per heavy atom. The van der Waals surface area contributed by atoms with Crippen LogP contribution in [-0.2, 0) is 19.1 Å². The van der Waals surface area contributed by atoms with E-state index in [0.29, 0.717) is 43.4 Å². The predicted molar refractivity (Wildman–Crippen MR) is 53.3 cm³/mol. The number of ether oxygens (including phenoxy) is 1. The number of hydrogen-bond donors (Lipinski definition) is 0. The lowest BCUT2D eigenvalue weighted by atomic mass is 9.76. The Labute approximate surface area is 92.6 Å². The highest BCUT2D eigenvalue weighted by Gasteiger charge is 2.59. The van der Waals surface area contributed by atoms with Gasteiger partial charge in [-0.05, 0) is 25.7 Å². The van der Waals surface area contributed by atoms with Crippen molar-refractivity contribution in [2.24, 2.45) is 5.41 Å². The van der Waals surface area contributed by atoms with Gasteiger partial charge < -0.3 is 4.74 Å². The van der Waals surface area contributed by atoms with E-state index in [2.05, 4.69) is 0 Å². The molecule has 0 radical (unpaired) electrons. The zero-order valence-electron chi connectivity index (χ0n) is 8.88. The van der Waals surface area contributed by atoms with E-state index < -0.39 is 11.4 Å². The molecule has 84 valence electrons. The van der Waals surface area contributed by atoms with Gasteiger partial charge in [0.2, 0.25) is 0 Å². The maximum Gasteiger partial charge on any atom is 0.332 e. The molecule has 0 bridgehead atoms. The molecule has 2 aliphatic carbocycles. The van der Waals surface area contributed by atoms with Crippen LogP contribution in [0.5, 0.6) is 0 Å². The molecule has 1 fully saturated rings. The summed E-state index contributed by atoms with van der Waals surface area (Å²) in [6.45, 7) is 0. The van der Waals surface area contributed by atoms with E-state index in [1.807, 2.05) is 0 Å². The first-order valence-electron chi connectivity index (χ1n) is 5.68. The van der Waals surface area contributed by atoms with Crippen LogP contribution < -0.4 is 0 Å². The molecule has 1 aliphatic heterocycles. The summed E-state index contributed by atoms with van der Waals surface area (Å²) in [5, 5.41) is 0. The molecule has 0 aromatic heterocycles. The minimum absolute atomic E-state index is 0.249. The maximum absolute atomic E-state index is 12.3. The normalized spacial score (nSPS) is 33.6. The van der Waals surface area contributed by atoms with Crippen LogP contribution in [0.15, 0.2) is 11.3 Å². The van der Waals surface area contributed by atoms with Crippen LogP contribution >= 0.6 is 0 Å². The monoisotopic (exact) mass is 220 g/mol. The molecule has 1 unspecified atom stereocenters.